The van der Waals surface area contributed by atoms with Crippen LogP contribution in [0.5, 0.6) is 11.5 Å². The van der Waals surface area contributed by atoms with Crippen LogP contribution in [0.1, 0.15) is 39.7 Å². The van der Waals surface area contributed by atoms with Gasteiger partial charge in [-0.1, -0.05) is 32.9 Å². The highest BCUT2D eigenvalue weighted by atomic mass is 16.5. The molecule has 1 N–H and O–H groups in total. The molecule has 2 aromatic carbocycles. The van der Waals surface area contributed by atoms with Crippen LogP contribution < -0.4 is 19.7 Å². The zero-order chi connectivity index (χ0) is 21.6. The maximum atomic E-state index is 12.5. The summed E-state index contributed by atoms with van der Waals surface area (Å²) in [5.41, 5.74) is 2.53. The Morgan fingerprint density at radius 2 is 1.66 bits per heavy atom. The fourth-order valence-electron chi connectivity index (χ4n) is 2.95. The predicted octanol–water partition coefficient (Wildman–Crippen LogP) is 4.38. The summed E-state index contributed by atoms with van der Waals surface area (Å²) in [6, 6.07) is 13.1. The van der Waals surface area contributed by atoms with Gasteiger partial charge in [0.25, 0.3) is 0 Å². The van der Waals surface area contributed by atoms with E-state index in [1.807, 2.05) is 24.3 Å². The number of hydrogen-bond acceptors (Lipinski definition) is 4. The third-order valence-corrected chi connectivity index (χ3v) is 4.67. The Kier molecular flexibility index (Phi) is 7.26. The van der Waals surface area contributed by atoms with Crippen LogP contribution in [0.15, 0.2) is 42.5 Å². The van der Waals surface area contributed by atoms with Crippen molar-refractivity contribution >= 4 is 23.2 Å². The number of benzene rings is 2. The van der Waals surface area contributed by atoms with E-state index in [0.717, 1.165) is 5.69 Å². The fourth-order valence-corrected chi connectivity index (χ4v) is 2.95. The van der Waals surface area contributed by atoms with Gasteiger partial charge in [0, 0.05) is 31.6 Å². The average Bonchev–Trinajstić information content (AvgIpc) is 2.67. The molecule has 2 rings (SSSR count). The number of nitrogens with one attached hydrogen (secondary N) is 1. The van der Waals surface area contributed by atoms with E-state index in [-0.39, 0.29) is 30.2 Å². The molecule has 0 saturated heterocycles. The third kappa shape index (κ3) is 5.98. The first kappa shape index (κ1) is 22.3. The molecule has 6 nitrogen and oxygen atoms in total. The van der Waals surface area contributed by atoms with Crippen molar-refractivity contribution in [2.45, 2.75) is 39.5 Å². The monoisotopic (exact) mass is 398 g/mol. The molecule has 0 atom stereocenters. The van der Waals surface area contributed by atoms with E-state index in [9.17, 15) is 9.59 Å². The number of anilines is 2. The summed E-state index contributed by atoms with van der Waals surface area (Å²) in [5, 5.41) is 2.83. The zero-order valence-corrected chi connectivity index (χ0v) is 18.0. The molecule has 0 fully saturated rings. The maximum Gasteiger partial charge on any atom is 0.226 e. The number of carbonyl (C=O) groups is 2. The molecule has 0 unspecified atom stereocenters. The van der Waals surface area contributed by atoms with Crippen LogP contribution in [0.25, 0.3) is 0 Å². The number of ether oxygens (including phenoxy) is 2. The zero-order valence-electron chi connectivity index (χ0n) is 18.0. The Labute approximate surface area is 172 Å². The van der Waals surface area contributed by atoms with Gasteiger partial charge < -0.3 is 19.7 Å². The second-order valence-corrected chi connectivity index (χ2v) is 7.83. The summed E-state index contributed by atoms with van der Waals surface area (Å²) in [6.45, 7) is 8.20. The summed E-state index contributed by atoms with van der Waals surface area (Å²) in [6.07, 6.45) is 0.154. The van der Waals surface area contributed by atoms with E-state index in [1.54, 1.807) is 30.2 Å². The number of rotatable bonds is 7. The van der Waals surface area contributed by atoms with Crippen molar-refractivity contribution in [1.82, 2.24) is 0 Å². The first-order valence-electron chi connectivity index (χ1n) is 9.56. The van der Waals surface area contributed by atoms with E-state index in [0.29, 0.717) is 17.2 Å². The van der Waals surface area contributed by atoms with Crippen LogP contribution in [-0.2, 0) is 15.0 Å². The Morgan fingerprint density at radius 3 is 2.17 bits per heavy atom. The second-order valence-electron chi connectivity index (χ2n) is 7.83. The van der Waals surface area contributed by atoms with Crippen LogP contribution in [0.4, 0.5) is 11.4 Å². The molecular formula is C23H30N2O4. The highest BCUT2D eigenvalue weighted by molar-refractivity contribution is 5.95. The minimum Gasteiger partial charge on any atom is -0.497 e. The Morgan fingerprint density at radius 1 is 1.00 bits per heavy atom. The third-order valence-electron chi connectivity index (χ3n) is 4.67. The molecule has 0 aromatic heterocycles. The lowest BCUT2D eigenvalue weighted by Crippen LogP contribution is -2.32. The molecule has 0 aliphatic rings. The summed E-state index contributed by atoms with van der Waals surface area (Å²) >= 11 is 0. The van der Waals surface area contributed by atoms with E-state index in [4.69, 9.17) is 9.47 Å². The van der Waals surface area contributed by atoms with Crippen LogP contribution in [0.3, 0.4) is 0 Å². The lowest BCUT2D eigenvalue weighted by Gasteiger charge is -2.24. The molecule has 0 saturated carbocycles. The molecule has 0 aliphatic heterocycles. The standard InChI is InChI=1S/C23H30N2O4/c1-16(26)25(18-9-7-17(8-10-18)23(2,3)4)14-13-22(27)24-20-15-19(28-5)11-12-21(20)29-6/h7-12,15H,13-14H2,1-6H3,(H,24,27). The first-order chi connectivity index (χ1) is 13.7. The number of nitrogens with zero attached hydrogens (tertiary/aromatic N) is 1. The van der Waals surface area contributed by atoms with E-state index < -0.39 is 0 Å². The number of carbonyl (C=O) groups excluding carboxylic acids is 2. The molecule has 156 valence electrons. The molecular weight excluding hydrogens is 368 g/mol. The SMILES string of the molecule is COc1ccc(OC)c(NC(=O)CCN(C(C)=O)c2ccc(C(C)(C)C)cc2)c1. The van der Waals surface area contributed by atoms with Gasteiger partial charge in [-0.05, 0) is 35.2 Å². The Hall–Kier alpha value is -3.02. The Balaban J connectivity index is 2.07. The van der Waals surface area contributed by atoms with Gasteiger partial charge in [0.1, 0.15) is 11.5 Å². The first-order valence-corrected chi connectivity index (χ1v) is 9.56. The average molecular weight is 399 g/mol. The van der Waals surface area contributed by atoms with Gasteiger partial charge in [0.05, 0.1) is 19.9 Å². The predicted molar refractivity (Wildman–Crippen MR) is 116 cm³/mol. The number of methoxy groups -OCH3 is 2. The molecule has 29 heavy (non-hydrogen) atoms. The molecule has 0 radical (unpaired) electrons. The summed E-state index contributed by atoms with van der Waals surface area (Å²) in [4.78, 5) is 26.2. The lowest BCUT2D eigenvalue weighted by molar-refractivity contribution is -0.117. The van der Waals surface area contributed by atoms with Gasteiger partial charge in [-0.15, -0.1) is 0 Å². The van der Waals surface area contributed by atoms with Crippen molar-refractivity contribution in [3.05, 3.63) is 48.0 Å². The van der Waals surface area contributed by atoms with E-state index in [1.165, 1.54) is 19.6 Å². The number of amides is 2. The van der Waals surface area contributed by atoms with Crippen LogP contribution in [0, 0.1) is 0 Å². The summed E-state index contributed by atoms with van der Waals surface area (Å²) in [5.74, 6) is 0.833. The quantitative estimate of drug-likeness (QED) is 0.751. The lowest BCUT2D eigenvalue weighted by atomic mass is 9.87. The summed E-state index contributed by atoms with van der Waals surface area (Å²) in [7, 11) is 3.10. The smallest absolute Gasteiger partial charge is 0.226 e. The molecule has 0 spiro atoms. The number of hydrogen-bond donors (Lipinski definition) is 1. The van der Waals surface area contributed by atoms with Crippen molar-refractivity contribution in [3.63, 3.8) is 0 Å². The normalized spacial score (nSPS) is 11.0. The minimum atomic E-state index is -0.214. The summed E-state index contributed by atoms with van der Waals surface area (Å²) < 4.78 is 10.5. The van der Waals surface area contributed by atoms with Crippen LogP contribution >= 0.6 is 0 Å². The van der Waals surface area contributed by atoms with E-state index in [2.05, 4.69) is 26.1 Å². The molecule has 6 heteroatoms. The topological polar surface area (TPSA) is 67.9 Å². The Bertz CT molecular complexity index is 854. The highest BCUT2D eigenvalue weighted by Crippen LogP contribution is 2.29. The second kappa shape index (κ2) is 9.45. The van der Waals surface area contributed by atoms with Gasteiger partial charge in [-0.25, -0.2) is 0 Å². The maximum absolute atomic E-state index is 12.5. The largest absolute Gasteiger partial charge is 0.497 e. The molecule has 0 bridgehead atoms. The van der Waals surface area contributed by atoms with Gasteiger partial charge in [-0.3, -0.25) is 9.59 Å². The van der Waals surface area contributed by atoms with Crippen molar-refractivity contribution in [2.75, 3.05) is 31.0 Å². The van der Waals surface area contributed by atoms with Gasteiger partial charge >= 0.3 is 0 Å². The minimum absolute atomic E-state index is 0.0370. The molecule has 0 heterocycles. The fraction of sp³-hybridized carbons (Fsp3) is 0.391. The van der Waals surface area contributed by atoms with E-state index >= 15 is 0 Å². The van der Waals surface area contributed by atoms with Gasteiger partial charge in [0.15, 0.2) is 0 Å². The highest BCUT2D eigenvalue weighted by Gasteiger charge is 2.17. The molecule has 0 aliphatic carbocycles. The molecule has 2 aromatic rings. The van der Waals surface area contributed by atoms with Crippen molar-refractivity contribution in [2.24, 2.45) is 0 Å². The van der Waals surface area contributed by atoms with Crippen molar-refractivity contribution in [1.29, 1.82) is 0 Å². The van der Waals surface area contributed by atoms with Gasteiger partial charge in [0.2, 0.25) is 11.8 Å². The van der Waals surface area contributed by atoms with Gasteiger partial charge in [-0.2, -0.15) is 0 Å². The molecule has 2 amide bonds. The van der Waals surface area contributed by atoms with Crippen molar-refractivity contribution in [3.8, 4) is 11.5 Å². The van der Waals surface area contributed by atoms with Crippen molar-refractivity contribution < 1.29 is 19.1 Å². The van der Waals surface area contributed by atoms with Crippen LogP contribution in [0.2, 0.25) is 0 Å². The van der Waals surface area contributed by atoms with Crippen LogP contribution in [-0.4, -0.2) is 32.6 Å².